The third-order valence-electron chi connectivity index (χ3n) is 3.02. The fourth-order valence-electron chi connectivity index (χ4n) is 1.82. The Kier molecular flexibility index (Phi) is 4.70. The summed E-state index contributed by atoms with van der Waals surface area (Å²) in [4.78, 5) is 14.2. The molecule has 5 heteroatoms. The van der Waals surface area contributed by atoms with Gasteiger partial charge in [-0.15, -0.1) is 0 Å². The lowest BCUT2D eigenvalue weighted by molar-refractivity contribution is -0.132. The molecule has 1 aliphatic rings. The summed E-state index contributed by atoms with van der Waals surface area (Å²) in [6, 6.07) is 0. The summed E-state index contributed by atoms with van der Waals surface area (Å²) < 4.78 is 0. The van der Waals surface area contributed by atoms with Crippen molar-refractivity contribution in [3.05, 3.63) is 0 Å². The minimum atomic E-state index is -0.503. The smallest absolute Gasteiger partial charge is 0.240 e. The Morgan fingerprint density at radius 1 is 1.50 bits per heavy atom. The van der Waals surface area contributed by atoms with Gasteiger partial charge in [-0.2, -0.15) is 0 Å². The number of rotatable bonds is 4. The van der Waals surface area contributed by atoms with Gasteiger partial charge >= 0.3 is 0 Å². The number of amides is 1. The number of carbonyl (C=O) groups is 1. The molecule has 1 fully saturated rings. The molecule has 1 amide bonds. The van der Waals surface area contributed by atoms with E-state index in [-0.39, 0.29) is 5.91 Å². The van der Waals surface area contributed by atoms with Crippen LogP contribution in [-0.4, -0.2) is 60.3 Å². The van der Waals surface area contributed by atoms with Gasteiger partial charge in [0.15, 0.2) is 0 Å². The van der Waals surface area contributed by atoms with Gasteiger partial charge in [0.25, 0.3) is 0 Å². The third-order valence-corrected chi connectivity index (χ3v) is 3.02. The number of hydrogen-bond acceptors (Lipinski definition) is 4. The number of aliphatic hydroxyl groups is 1. The zero-order chi connectivity index (χ0) is 12.2. The van der Waals surface area contributed by atoms with E-state index >= 15 is 0 Å². The number of aliphatic hydroxyl groups excluding tert-OH is 1. The highest BCUT2D eigenvalue weighted by molar-refractivity contribution is 5.85. The zero-order valence-corrected chi connectivity index (χ0v) is 10.4. The van der Waals surface area contributed by atoms with Crippen LogP contribution in [0.3, 0.4) is 0 Å². The Hall–Kier alpha value is -0.650. The first-order chi connectivity index (χ1) is 7.44. The van der Waals surface area contributed by atoms with Crippen molar-refractivity contribution < 1.29 is 9.90 Å². The molecule has 94 valence electrons. The molecule has 0 radical (unpaired) electrons. The average molecular weight is 229 g/mol. The highest BCUT2D eigenvalue weighted by atomic mass is 16.3. The van der Waals surface area contributed by atoms with Crippen molar-refractivity contribution in [3.8, 4) is 0 Å². The summed E-state index contributed by atoms with van der Waals surface area (Å²) in [5.41, 5.74) is -0.503. The fourth-order valence-corrected chi connectivity index (χ4v) is 1.82. The van der Waals surface area contributed by atoms with Crippen molar-refractivity contribution in [1.29, 1.82) is 0 Å². The maximum Gasteiger partial charge on any atom is 0.240 e. The van der Waals surface area contributed by atoms with Crippen molar-refractivity contribution in [2.75, 3.05) is 32.7 Å². The minimum absolute atomic E-state index is 0.0182. The molecule has 1 unspecified atom stereocenters. The van der Waals surface area contributed by atoms with Crippen LogP contribution in [0.2, 0.25) is 0 Å². The zero-order valence-electron chi connectivity index (χ0n) is 10.4. The Bertz CT molecular complexity index is 235. The van der Waals surface area contributed by atoms with E-state index < -0.39 is 11.6 Å². The Balaban J connectivity index is 2.50. The van der Waals surface area contributed by atoms with Crippen LogP contribution in [0.15, 0.2) is 0 Å². The van der Waals surface area contributed by atoms with E-state index in [1.54, 1.807) is 6.92 Å². The van der Waals surface area contributed by atoms with Crippen molar-refractivity contribution in [1.82, 2.24) is 15.5 Å². The molecule has 0 saturated carbocycles. The molecule has 0 bridgehead atoms. The Morgan fingerprint density at radius 3 is 2.56 bits per heavy atom. The molecule has 1 rings (SSSR count). The summed E-state index contributed by atoms with van der Waals surface area (Å²) in [5.74, 6) is -0.0182. The lowest BCUT2D eigenvalue weighted by Gasteiger charge is -2.39. The Morgan fingerprint density at radius 2 is 2.06 bits per heavy atom. The van der Waals surface area contributed by atoms with Gasteiger partial charge in [0.1, 0.15) is 0 Å². The topological polar surface area (TPSA) is 64.6 Å². The molecule has 1 saturated heterocycles. The van der Waals surface area contributed by atoms with E-state index in [1.807, 2.05) is 13.8 Å². The van der Waals surface area contributed by atoms with Crippen LogP contribution in [0.5, 0.6) is 0 Å². The second-order valence-corrected chi connectivity index (χ2v) is 4.86. The molecule has 5 nitrogen and oxygen atoms in total. The van der Waals surface area contributed by atoms with Gasteiger partial charge in [-0.05, 0) is 20.8 Å². The normalized spacial score (nSPS) is 20.5. The maximum atomic E-state index is 12.0. The van der Waals surface area contributed by atoms with Crippen LogP contribution in [0.25, 0.3) is 0 Å². The number of nitrogens with one attached hydrogen (secondary N) is 2. The second-order valence-electron chi connectivity index (χ2n) is 4.86. The van der Waals surface area contributed by atoms with Crippen LogP contribution in [-0.2, 0) is 4.79 Å². The van der Waals surface area contributed by atoms with Gasteiger partial charge < -0.3 is 15.7 Å². The van der Waals surface area contributed by atoms with Gasteiger partial charge in [-0.3, -0.25) is 9.69 Å². The molecule has 0 aliphatic carbocycles. The number of hydrogen-bond donors (Lipinski definition) is 3. The van der Waals surface area contributed by atoms with Gasteiger partial charge in [-0.1, -0.05) is 0 Å². The summed E-state index contributed by atoms with van der Waals surface area (Å²) in [6.07, 6.45) is -0.497. The first-order valence-electron chi connectivity index (χ1n) is 5.86. The summed E-state index contributed by atoms with van der Waals surface area (Å²) in [6.45, 7) is 9.45. The van der Waals surface area contributed by atoms with E-state index in [2.05, 4.69) is 15.5 Å². The molecule has 0 spiro atoms. The highest BCUT2D eigenvalue weighted by Crippen LogP contribution is 2.15. The van der Waals surface area contributed by atoms with Crippen LogP contribution in [0.1, 0.15) is 20.8 Å². The SMILES string of the molecule is CC(O)CNC(=O)C(C)(C)N1CCNCC1. The molecule has 1 aliphatic heterocycles. The summed E-state index contributed by atoms with van der Waals surface area (Å²) in [5, 5.41) is 15.2. The van der Waals surface area contributed by atoms with Crippen LogP contribution >= 0.6 is 0 Å². The molecule has 16 heavy (non-hydrogen) atoms. The van der Waals surface area contributed by atoms with E-state index in [0.29, 0.717) is 6.54 Å². The molecule has 3 N–H and O–H groups in total. The van der Waals surface area contributed by atoms with Gasteiger partial charge in [-0.25, -0.2) is 0 Å². The third kappa shape index (κ3) is 3.43. The van der Waals surface area contributed by atoms with Gasteiger partial charge in [0, 0.05) is 32.7 Å². The molecular weight excluding hydrogens is 206 g/mol. The Labute approximate surface area is 97.2 Å². The van der Waals surface area contributed by atoms with Gasteiger partial charge in [0.2, 0.25) is 5.91 Å². The number of carbonyl (C=O) groups excluding carboxylic acids is 1. The highest BCUT2D eigenvalue weighted by Gasteiger charge is 2.34. The first-order valence-corrected chi connectivity index (χ1v) is 5.86. The average Bonchev–Trinajstić information content (AvgIpc) is 2.27. The fraction of sp³-hybridized carbons (Fsp3) is 0.909. The molecule has 1 heterocycles. The lowest BCUT2D eigenvalue weighted by Crippen LogP contribution is -2.60. The molecular formula is C11H23N3O2. The largest absolute Gasteiger partial charge is 0.392 e. The predicted octanol–water partition coefficient (Wildman–Crippen LogP) is -0.833. The number of nitrogens with zero attached hydrogens (tertiary/aromatic N) is 1. The van der Waals surface area contributed by atoms with Crippen molar-refractivity contribution in [2.45, 2.75) is 32.4 Å². The summed E-state index contributed by atoms with van der Waals surface area (Å²) >= 11 is 0. The van der Waals surface area contributed by atoms with Crippen LogP contribution < -0.4 is 10.6 Å². The lowest BCUT2D eigenvalue weighted by atomic mass is 10.0. The van der Waals surface area contributed by atoms with E-state index in [9.17, 15) is 4.79 Å². The molecule has 0 aromatic carbocycles. The van der Waals surface area contributed by atoms with Crippen molar-refractivity contribution in [2.24, 2.45) is 0 Å². The van der Waals surface area contributed by atoms with Crippen LogP contribution in [0.4, 0.5) is 0 Å². The first kappa shape index (κ1) is 13.4. The van der Waals surface area contributed by atoms with Crippen LogP contribution in [0, 0.1) is 0 Å². The standard InChI is InChI=1S/C11H23N3O2/c1-9(15)8-13-10(16)11(2,3)14-6-4-12-5-7-14/h9,12,15H,4-8H2,1-3H3,(H,13,16). The molecule has 0 aromatic rings. The van der Waals surface area contributed by atoms with Crippen molar-refractivity contribution in [3.63, 3.8) is 0 Å². The van der Waals surface area contributed by atoms with Gasteiger partial charge in [0.05, 0.1) is 11.6 Å². The van der Waals surface area contributed by atoms with E-state index in [0.717, 1.165) is 26.2 Å². The maximum absolute atomic E-state index is 12.0. The monoisotopic (exact) mass is 229 g/mol. The number of piperazine rings is 1. The quantitative estimate of drug-likeness (QED) is 0.588. The van der Waals surface area contributed by atoms with E-state index in [4.69, 9.17) is 5.11 Å². The second kappa shape index (κ2) is 5.61. The molecule has 0 aromatic heterocycles. The summed E-state index contributed by atoms with van der Waals surface area (Å²) in [7, 11) is 0. The predicted molar refractivity (Wildman–Crippen MR) is 63.2 cm³/mol. The molecule has 1 atom stereocenters. The van der Waals surface area contributed by atoms with E-state index in [1.165, 1.54) is 0 Å². The van der Waals surface area contributed by atoms with Crippen molar-refractivity contribution >= 4 is 5.91 Å². The minimum Gasteiger partial charge on any atom is -0.392 e.